The zero-order valence-corrected chi connectivity index (χ0v) is 10.7. The van der Waals surface area contributed by atoms with Gasteiger partial charge in [0, 0.05) is 7.05 Å². The van der Waals surface area contributed by atoms with Crippen LogP contribution in [0.2, 0.25) is 0 Å². The molecule has 98 valence electrons. The van der Waals surface area contributed by atoms with Gasteiger partial charge in [-0.25, -0.2) is 13.2 Å². The van der Waals surface area contributed by atoms with Crippen molar-refractivity contribution in [3.8, 4) is 0 Å². The lowest BCUT2D eigenvalue weighted by Gasteiger charge is -2.28. The number of likely N-dealkylation sites (N-methyl/N-ethyl adjacent to an activating group) is 1. The smallest absolute Gasteiger partial charge is 0.326 e. The number of amides is 1. The van der Waals surface area contributed by atoms with Crippen LogP contribution in [0.3, 0.4) is 0 Å². The van der Waals surface area contributed by atoms with E-state index in [9.17, 15) is 18.0 Å². The van der Waals surface area contributed by atoms with Gasteiger partial charge in [0.15, 0.2) is 9.84 Å². The Labute approximate surface area is 101 Å². The van der Waals surface area contributed by atoms with E-state index in [0.717, 1.165) is 4.90 Å². The first-order valence-electron chi connectivity index (χ1n) is 5.48. The zero-order valence-electron chi connectivity index (χ0n) is 9.92. The molecule has 1 N–H and O–H groups in total. The summed E-state index contributed by atoms with van der Waals surface area (Å²) < 4.78 is 23.5. The summed E-state index contributed by atoms with van der Waals surface area (Å²) in [6.45, 7) is 1.36. The number of carbonyl (C=O) groups is 2. The number of carboxylic acid groups (broad SMARTS) is 1. The highest BCUT2D eigenvalue weighted by Crippen LogP contribution is 2.21. The maximum atomic E-state index is 11.9. The van der Waals surface area contributed by atoms with Gasteiger partial charge in [-0.05, 0) is 19.8 Å². The summed E-state index contributed by atoms with van der Waals surface area (Å²) in [6.07, 6.45) is 1.55. The maximum absolute atomic E-state index is 11.9. The highest BCUT2D eigenvalue weighted by molar-refractivity contribution is 7.92. The van der Waals surface area contributed by atoms with Gasteiger partial charge in [-0.2, -0.15) is 0 Å². The Bertz CT molecular complexity index is 416. The Morgan fingerprint density at radius 3 is 2.41 bits per heavy atom. The largest absolute Gasteiger partial charge is 0.480 e. The average Bonchev–Trinajstić information content (AvgIpc) is 2.25. The minimum absolute atomic E-state index is 0.0126. The van der Waals surface area contributed by atoms with Gasteiger partial charge < -0.3 is 10.0 Å². The van der Waals surface area contributed by atoms with Crippen LogP contribution in [0.5, 0.6) is 0 Å². The van der Waals surface area contributed by atoms with Crippen molar-refractivity contribution in [2.75, 3.05) is 12.8 Å². The van der Waals surface area contributed by atoms with Crippen molar-refractivity contribution in [2.24, 2.45) is 0 Å². The molecule has 6 nitrogen and oxygen atoms in total. The third-order valence-electron chi connectivity index (χ3n) is 3.14. The Hall–Kier alpha value is -1.11. The van der Waals surface area contributed by atoms with E-state index in [4.69, 9.17) is 5.11 Å². The van der Waals surface area contributed by atoms with Gasteiger partial charge in [0.05, 0.1) is 5.75 Å². The molecule has 0 aromatic heterocycles. The molecular weight excluding hydrogens is 246 g/mol. The molecular formula is C10H17NO5S. The van der Waals surface area contributed by atoms with Crippen LogP contribution in [0.25, 0.3) is 0 Å². The monoisotopic (exact) mass is 263 g/mol. The van der Waals surface area contributed by atoms with Gasteiger partial charge in [0.25, 0.3) is 0 Å². The van der Waals surface area contributed by atoms with Crippen LogP contribution in [-0.2, 0) is 19.4 Å². The van der Waals surface area contributed by atoms with E-state index in [0.29, 0.717) is 12.8 Å². The van der Waals surface area contributed by atoms with E-state index in [-0.39, 0.29) is 12.2 Å². The fourth-order valence-corrected chi connectivity index (χ4v) is 3.71. The first-order chi connectivity index (χ1) is 7.77. The van der Waals surface area contributed by atoms with Crippen LogP contribution in [0.1, 0.15) is 26.2 Å². The van der Waals surface area contributed by atoms with Crippen LogP contribution in [0.4, 0.5) is 0 Å². The van der Waals surface area contributed by atoms with Gasteiger partial charge in [-0.1, -0.05) is 6.42 Å². The van der Waals surface area contributed by atoms with E-state index in [1.54, 1.807) is 0 Å². The van der Waals surface area contributed by atoms with Gasteiger partial charge in [-0.3, -0.25) is 4.79 Å². The van der Waals surface area contributed by atoms with E-state index >= 15 is 0 Å². The van der Waals surface area contributed by atoms with Crippen molar-refractivity contribution < 1.29 is 23.1 Å². The molecule has 1 heterocycles. The second-order valence-corrected chi connectivity index (χ2v) is 6.62. The molecule has 0 spiro atoms. The molecule has 0 saturated carbocycles. The Morgan fingerprint density at radius 1 is 1.35 bits per heavy atom. The lowest BCUT2D eigenvalue weighted by Crippen LogP contribution is -2.49. The number of rotatable bonds is 3. The third-order valence-corrected chi connectivity index (χ3v) is 5.30. The minimum atomic E-state index is -3.41. The van der Waals surface area contributed by atoms with E-state index < -0.39 is 33.0 Å². The fourth-order valence-electron chi connectivity index (χ4n) is 1.82. The number of sulfone groups is 1. The van der Waals surface area contributed by atoms with Crippen molar-refractivity contribution in [1.29, 1.82) is 0 Å². The summed E-state index contributed by atoms with van der Waals surface area (Å²) in [5, 5.41) is 7.72. The zero-order chi connectivity index (χ0) is 13.2. The molecule has 0 bridgehead atoms. The van der Waals surface area contributed by atoms with Gasteiger partial charge >= 0.3 is 5.97 Å². The number of carboxylic acids is 1. The van der Waals surface area contributed by atoms with E-state index in [1.165, 1.54) is 14.0 Å². The molecule has 0 aromatic carbocycles. The summed E-state index contributed by atoms with van der Waals surface area (Å²) in [4.78, 5) is 23.7. The molecule has 2 atom stereocenters. The summed E-state index contributed by atoms with van der Waals surface area (Å²) in [7, 11) is -2.09. The summed E-state index contributed by atoms with van der Waals surface area (Å²) in [5.74, 6) is -1.74. The SMILES string of the molecule is CC(C(=O)O)N(C)C(=O)C1CCCCS1(=O)=O. The number of aliphatic carboxylic acids is 1. The molecule has 7 heteroatoms. The van der Waals surface area contributed by atoms with Crippen LogP contribution in [0.15, 0.2) is 0 Å². The second kappa shape index (κ2) is 5.03. The highest BCUT2D eigenvalue weighted by atomic mass is 32.2. The lowest BCUT2D eigenvalue weighted by molar-refractivity contribution is -0.148. The fraction of sp³-hybridized carbons (Fsp3) is 0.800. The number of hydrogen-bond acceptors (Lipinski definition) is 4. The standard InChI is InChI=1S/C10H17NO5S/c1-7(10(13)14)11(2)9(12)8-5-3-4-6-17(8,15)16/h7-8H,3-6H2,1-2H3,(H,13,14). The van der Waals surface area contributed by atoms with Gasteiger partial charge in [0.2, 0.25) is 5.91 Å². The second-order valence-electron chi connectivity index (χ2n) is 4.31. The molecule has 2 unspecified atom stereocenters. The lowest BCUT2D eigenvalue weighted by atomic mass is 10.1. The average molecular weight is 263 g/mol. The topological polar surface area (TPSA) is 91.8 Å². The molecule has 0 aliphatic carbocycles. The summed E-state index contributed by atoms with van der Waals surface area (Å²) in [5.41, 5.74) is 0. The number of carbonyl (C=O) groups excluding carboxylic acids is 1. The van der Waals surface area contributed by atoms with Crippen LogP contribution in [-0.4, -0.2) is 54.4 Å². The van der Waals surface area contributed by atoms with Crippen molar-refractivity contribution in [2.45, 2.75) is 37.5 Å². The van der Waals surface area contributed by atoms with Crippen molar-refractivity contribution in [3.63, 3.8) is 0 Å². The number of nitrogens with zero attached hydrogens (tertiary/aromatic N) is 1. The maximum Gasteiger partial charge on any atom is 0.326 e. The highest BCUT2D eigenvalue weighted by Gasteiger charge is 2.38. The predicted octanol–water partition coefficient (Wildman–Crippen LogP) is -0.115. The Balaban J connectivity index is 2.85. The quantitative estimate of drug-likeness (QED) is 0.766. The molecule has 1 saturated heterocycles. The number of hydrogen-bond donors (Lipinski definition) is 1. The molecule has 0 aromatic rings. The molecule has 1 amide bonds. The normalized spacial score (nSPS) is 24.9. The molecule has 1 fully saturated rings. The molecule has 17 heavy (non-hydrogen) atoms. The first kappa shape index (κ1) is 14.0. The van der Waals surface area contributed by atoms with Gasteiger partial charge in [0.1, 0.15) is 11.3 Å². The van der Waals surface area contributed by atoms with Crippen LogP contribution < -0.4 is 0 Å². The molecule has 1 rings (SSSR count). The van der Waals surface area contributed by atoms with Crippen molar-refractivity contribution >= 4 is 21.7 Å². The van der Waals surface area contributed by atoms with Gasteiger partial charge in [-0.15, -0.1) is 0 Å². The van der Waals surface area contributed by atoms with E-state index in [2.05, 4.69) is 0 Å². The first-order valence-corrected chi connectivity index (χ1v) is 7.20. The molecule has 0 radical (unpaired) electrons. The Morgan fingerprint density at radius 2 is 1.94 bits per heavy atom. The van der Waals surface area contributed by atoms with Crippen LogP contribution >= 0.6 is 0 Å². The predicted molar refractivity (Wildman–Crippen MR) is 61.3 cm³/mol. The van der Waals surface area contributed by atoms with Crippen molar-refractivity contribution in [3.05, 3.63) is 0 Å². The summed E-state index contributed by atoms with van der Waals surface area (Å²) in [6, 6.07) is -1.01. The Kier molecular flexibility index (Phi) is 4.13. The molecule has 1 aliphatic rings. The van der Waals surface area contributed by atoms with Crippen molar-refractivity contribution in [1.82, 2.24) is 4.90 Å². The van der Waals surface area contributed by atoms with E-state index in [1.807, 2.05) is 0 Å². The summed E-state index contributed by atoms with van der Waals surface area (Å²) >= 11 is 0. The minimum Gasteiger partial charge on any atom is -0.480 e. The van der Waals surface area contributed by atoms with Crippen LogP contribution in [0, 0.1) is 0 Å². The molecule has 1 aliphatic heterocycles. The third kappa shape index (κ3) is 2.96.